The van der Waals surface area contributed by atoms with Gasteiger partial charge >= 0.3 is 0 Å². The fraction of sp³-hybridized carbons (Fsp3) is 0.190. The Kier molecular flexibility index (Phi) is 5.65. The van der Waals surface area contributed by atoms with Gasteiger partial charge in [-0.05, 0) is 55.1 Å². The Morgan fingerprint density at radius 3 is 2.57 bits per heavy atom. The number of rotatable bonds is 6. The summed E-state index contributed by atoms with van der Waals surface area (Å²) in [5.41, 5.74) is 3.55. The number of hydrogen-bond donors (Lipinski definition) is 1. The number of aromatic nitrogens is 2. The molecule has 2 aromatic carbocycles. The number of amides is 1. The molecule has 0 spiro atoms. The molecule has 0 fully saturated rings. The van der Waals surface area contributed by atoms with Gasteiger partial charge in [-0.15, -0.1) is 10.7 Å². The number of halogens is 1. The first-order valence-electron chi connectivity index (χ1n) is 8.81. The van der Waals surface area contributed by atoms with Gasteiger partial charge < -0.3 is 9.62 Å². The minimum absolute atomic E-state index is 0.227. The summed E-state index contributed by atoms with van der Waals surface area (Å²) in [4.78, 5) is 12.6. The lowest BCUT2D eigenvalue weighted by molar-refractivity contribution is 0.0957. The number of carbonyl (C=O) groups is 1. The molecule has 1 amide bonds. The van der Waals surface area contributed by atoms with Gasteiger partial charge in [0.25, 0.3) is 5.91 Å². The van der Waals surface area contributed by atoms with E-state index in [1.165, 1.54) is 12.1 Å². The smallest absolute Gasteiger partial charge is 0.270 e. The van der Waals surface area contributed by atoms with Gasteiger partial charge in [0.05, 0.1) is 16.9 Å². The Morgan fingerprint density at radius 1 is 1.36 bits per heavy atom. The van der Waals surface area contributed by atoms with Crippen molar-refractivity contribution in [2.45, 2.75) is 6.92 Å². The summed E-state index contributed by atoms with van der Waals surface area (Å²) >= 11 is 0. The third kappa shape index (κ3) is 3.45. The van der Waals surface area contributed by atoms with E-state index in [4.69, 9.17) is 0 Å². The van der Waals surface area contributed by atoms with Crippen molar-refractivity contribution in [2.75, 3.05) is 24.2 Å². The standard InChI is InChI=1S/C21H23FN4OS/c1-6-14-12-17-18(13-19(14)25(7-2)28(4)5)24-26(20(17)21(27)23-3)16-10-8-15(22)9-11-16/h6,8-13H,1,4,7H2,2-3,5H3,(H,23,27). The Morgan fingerprint density at radius 2 is 2.04 bits per heavy atom. The van der Waals surface area contributed by atoms with Crippen molar-refractivity contribution < 1.29 is 9.18 Å². The Balaban J connectivity index is 2.33. The fourth-order valence-corrected chi connectivity index (χ4v) is 4.12. The third-order valence-electron chi connectivity index (χ3n) is 4.49. The highest BCUT2D eigenvalue weighted by atomic mass is 32.2. The summed E-state index contributed by atoms with van der Waals surface area (Å²) in [5, 5.41) is 8.02. The van der Waals surface area contributed by atoms with E-state index in [0.717, 1.165) is 17.8 Å². The average Bonchev–Trinajstić information content (AvgIpc) is 3.05. The molecule has 0 bridgehead atoms. The van der Waals surface area contributed by atoms with Crippen LogP contribution in [-0.2, 0) is 0 Å². The zero-order valence-corrected chi connectivity index (χ0v) is 17.0. The van der Waals surface area contributed by atoms with Gasteiger partial charge in [0, 0.05) is 19.0 Å². The molecule has 0 aliphatic carbocycles. The average molecular weight is 399 g/mol. The molecule has 1 atom stereocenters. The largest absolute Gasteiger partial charge is 0.354 e. The summed E-state index contributed by atoms with van der Waals surface area (Å²) in [7, 11) is 1.35. The van der Waals surface area contributed by atoms with Gasteiger partial charge in [0.1, 0.15) is 11.5 Å². The Labute approximate surface area is 166 Å². The predicted molar refractivity (Wildman–Crippen MR) is 118 cm³/mol. The molecule has 28 heavy (non-hydrogen) atoms. The first-order chi connectivity index (χ1) is 13.4. The van der Waals surface area contributed by atoms with E-state index in [1.807, 2.05) is 18.4 Å². The highest BCUT2D eigenvalue weighted by Crippen LogP contribution is 2.34. The molecule has 7 heteroatoms. The lowest BCUT2D eigenvalue weighted by atomic mass is 10.1. The fourth-order valence-electron chi connectivity index (χ4n) is 3.18. The SMILES string of the molecule is C=Cc1cc2c(C(=O)NC)n(-c3ccc(F)cc3)nc2cc1N(CC)S(=C)C. The lowest BCUT2D eigenvalue weighted by Gasteiger charge is -2.25. The van der Waals surface area contributed by atoms with Crippen LogP contribution in [0.15, 0.2) is 43.0 Å². The Bertz CT molecular complexity index is 1070. The molecule has 0 radical (unpaired) electrons. The molecule has 1 N–H and O–H groups in total. The number of anilines is 1. The molecule has 0 aliphatic heterocycles. The maximum Gasteiger partial charge on any atom is 0.270 e. The minimum Gasteiger partial charge on any atom is -0.354 e. The number of benzene rings is 2. The molecular formula is C21H23FN4OS. The van der Waals surface area contributed by atoms with E-state index in [0.29, 0.717) is 22.3 Å². The van der Waals surface area contributed by atoms with Crippen LogP contribution in [0, 0.1) is 5.82 Å². The molecule has 0 saturated heterocycles. The summed E-state index contributed by atoms with van der Waals surface area (Å²) < 4.78 is 17.1. The summed E-state index contributed by atoms with van der Waals surface area (Å²) in [6.07, 6.45) is 3.82. The second-order valence-electron chi connectivity index (χ2n) is 6.24. The van der Waals surface area contributed by atoms with Crippen LogP contribution in [0.2, 0.25) is 0 Å². The normalized spacial score (nSPS) is 12.0. The van der Waals surface area contributed by atoms with Crippen LogP contribution in [0.25, 0.3) is 22.7 Å². The van der Waals surface area contributed by atoms with Gasteiger partial charge in [-0.2, -0.15) is 5.10 Å². The summed E-state index contributed by atoms with van der Waals surface area (Å²) in [6.45, 7) is 6.79. The maximum absolute atomic E-state index is 13.4. The number of fused-ring (bicyclic) bond motifs is 1. The lowest BCUT2D eigenvalue weighted by Crippen LogP contribution is -2.22. The van der Waals surface area contributed by atoms with E-state index in [2.05, 4.69) is 34.1 Å². The first-order valence-corrected chi connectivity index (χ1v) is 10.6. The van der Waals surface area contributed by atoms with E-state index >= 15 is 0 Å². The molecule has 5 nitrogen and oxygen atoms in total. The second-order valence-corrected chi connectivity index (χ2v) is 7.88. The van der Waals surface area contributed by atoms with Crippen LogP contribution < -0.4 is 9.62 Å². The van der Waals surface area contributed by atoms with Crippen LogP contribution in [0.4, 0.5) is 10.1 Å². The molecule has 146 valence electrons. The van der Waals surface area contributed by atoms with Gasteiger partial charge in [0.2, 0.25) is 0 Å². The predicted octanol–water partition coefficient (Wildman–Crippen LogP) is 4.24. The van der Waals surface area contributed by atoms with Gasteiger partial charge in [-0.3, -0.25) is 4.79 Å². The monoisotopic (exact) mass is 398 g/mol. The van der Waals surface area contributed by atoms with Crippen molar-refractivity contribution in [2.24, 2.45) is 0 Å². The minimum atomic E-state index is -0.345. The summed E-state index contributed by atoms with van der Waals surface area (Å²) in [6, 6.07) is 9.77. The number of carbonyl (C=O) groups excluding carboxylic acids is 1. The zero-order chi connectivity index (χ0) is 20.4. The quantitative estimate of drug-likeness (QED) is 0.632. The van der Waals surface area contributed by atoms with E-state index in [-0.39, 0.29) is 22.4 Å². The van der Waals surface area contributed by atoms with Crippen LogP contribution in [-0.4, -0.2) is 41.4 Å². The van der Waals surface area contributed by atoms with E-state index < -0.39 is 0 Å². The van der Waals surface area contributed by atoms with E-state index in [9.17, 15) is 9.18 Å². The Hall–Kier alpha value is -2.93. The van der Waals surface area contributed by atoms with Crippen molar-refractivity contribution >= 4 is 45.1 Å². The zero-order valence-electron chi connectivity index (χ0n) is 16.2. The van der Waals surface area contributed by atoms with Crippen molar-refractivity contribution in [3.63, 3.8) is 0 Å². The van der Waals surface area contributed by atoms with Crippen LogP contribution in [0.3, 0.4) is 0 Å². The topological polar surface area (TPSA) is 50.2 Å². The van der Waals surface area contributed by atoms with Gasteiger partial charge in [-0.1, -0.05) is 18.5 Å². The van der Waals surface area contributed by atoms with Crippen LogP contribution in [0.5, 0.6) is 0 Å². The maximum atomic E-state index is 13.4. The van der Waals surface area contributed by atoms with Crippen LogP contribution in [0.1, 0.15) is 23.0 Å². The highest BCUT2D eigenvalue weighted by molar-refractivity contribution is 8.14. The highest BCUT2D eigenvalue weighted by Gasteiger charge is 2.21. The van der Waals surface area contributed by atoms with Gasteiger partial charge in [0.15, 0.2) is 0 Å². The molecule has 0 aliphatic rings. The number of nitrogens with zero attached hydrogens (tertiary/aromatic N) is 3. The molecule has 3 rings (SSSR count). The van der Waals surface area contributed by atoms with E-state index in [1.54, 1.807) is 29.9 Å². The van der Waals surface area contributed by atoms with Gasteiger partial charge in [-0.25, -0.2) is 9.07 Å². The van der Waals surface area contributed by atoms with Crippen molar-refractivity contribution in [1.29, 1.82) is 0 Å². The van der Waals surface area contributed by atoms with Crippen molar-refractivity contribution in [3.05, 3.63) is 60.1 Å². The number of nitrogens with one attached hydrogen (secondary N) is 1. The third-order valence-corrected chi connectivity index (χ3v) is 5.69. The molecular weight excluding hydrogens is 375 g/mol. The molecule has 3 aromatic rings. The molecule has 1 unspecified atom stereocenters. The summed E-state index contributed by atoms with van der Waals surface area (Å²) in [5.74, 6) is 3.54. The van der Waals surface area contributed by atoms with Crippen LogP contribution >= 0.6 is 10.7 Å². The molecule has 1 heterocycles. The number of hydrogen-bond acceptors (Lipinski definition) is 3. The molecule has 1 aromatic heterocycles. The first kappa shape index (κ1) is 19.8. The second kappa shape index (κ2) is 7.98. The molecule has 0 saturated carbocycles. The van der Waals surface area contributed by atoms with Crippen molar-refractivity contribution in [1.82, 2.24) is 15.1 Å². The van der Waals surface area contributed by atoms with Crippen molar-refractivity contribution in [3.8, 4) is 5.69 Å².